The van der Waals surface area contributed by atoms with Crippen molar-refractivity contribution < 1.29 is 19.1 Å². The largest absolute Gasteiger partial charge is 0.503 e. The van der Waals surface area contributed by atoms with Gasteiger partial charge in [0.2, 0.25) is 5.78 Å². The Kier molecular flexibility index (Phi) is 4.94. The van der Waals surface area contributed by atoms with Crippen LogP contribution in [0.2, 0.25) is 5.02 Å². The van der Waals surface area contributed by atoms with Gasteiger partial charge in [0.15, 0.2) is 11.5 Å². The molecule has 4 rings (SSSR count). The number of carbonyl (C=O) groups excluding carboxylic acids is 2. The van der Waals surface area contributed by atoms with Gasteiger partial charge in [0, 0.05) is 24.0 Å². The van der Waals surface area contributed by atoms with E-state index in [4.69, 9.17) is 16.0 Å². The number of hydrogen-bond acceptors (Lipinski definition) is 5. The van der Waals surface area contributed by atoms with Crippen molar-refractivity contribution in [2.45, 2.75) is 19.5 Å². The average Bonchev–Trinajstić information content (AvgIpc) is 3.26. The number of pyridine rings is 1. The first-order chi connectivity index (χ1) is 14.0. The van der Waals surface area contributed by atoms with E-state index in [9.17, 15) is 14.7 Å². The van der Waals surface area contributed by atoms with Crippen LogP contribution in [0.1, 0.15) is 33.5 Å². The van der Waals surface area contributed by atoms with Crippen LogP contribution in [-0.4, -0.2) is 26.7 Å². The number of carbonyl (C=O) groups is 2. The van der Waals surface area contributed by atoms with Crippen LogP contribution >= 0.6 is 11.6 Å². The molecule has 0 unspecified atom stereocenters. The quantitative estimate of drug-likeness (QED) is 0.632. The molecule has 0 saturated heterocycles. The van der Waals surface area contributed by atoms with Crippen LogP contribution in [0, 0.1) is 6.92 Å². The predicted octanol–water partition coefficient (Wildman–Crippen LogP) is 4.41. The molecule has 1 aromatic carbocycles. The van der Waals surface area contributed by atoms with E-state index in [-0.39, 0.29) is 17.9 Å². The predicted molar refractivity (Wildman–Crippen MR) is 106 cm³/mol. The van der Waals surface area contributed by atoms with Gasteiger partial charge in [-0.1, -0.05) is 29.8 Å². The first-order valence-corrected chi connectivity index (χ1v) is 9.33. The third-order valence-electron chi connectivity index (χ3n) is 4.77. The first kappa shape index (κ1) is 19.0. The molecule has 0 bridgehead atoms. The third kappa shape index (κ3) is 3.54. The minimum absolute atomic E-state index is 0.0180. The number of aliphatic hydroxyl groups is 1. The second-order valence-corrected chi connectivity index (χ2v) is 7.19. The van der Waals surface area contributed by atoms with Gasteiger partial charge in [-0.2, -0.15) is 0 Å². The van der Waals surface area contributed by atoms with Crippen LogP contribution in [0.5, 0.6) is 0 Å². The fourth-order valence-electron chi connectivity index (χ4n) is 3.42. The molecule has 1 N–H and O–H groups in total. The number of aryl methyl sites for hydroxylation is 1. The zero-order chi connectivity index (χ0) is 20.5. The summed E-state index contributed by atoms with van der Waals surface area (Å²) in [5.41, 5.74) is 1.41. The number of halogens is 1. The van der Waals surface area contributed by atoms with E-state index in [0.717, 1.165) is 5.56 Å². The lowest BCUT2D eigenvalue weighted by atomic mass is 9.95. The Balaban J connectivity index is 1.79. The molecule has 2 aromatic heterocycles. The van der Waals surface area contributed by atoms with Crippen LogP contribution < -0.4 is 0 Å². The molecule has 0 aliphatic carbocycles. The smallest absolute Gasteiger partial charge is 0.290 e. The second kappa shape index (κ2) is 7.56. The number of aromatic nitrogens is 1. The van der Waals surface area contributed by atoms with Gasteiger partial charge in [0.05, 0.1) is 11.6 Å². The van der Waals surface area contributed by atoms with Crippen molar-refractivity contribution in [2.75, 3.05) is 0 Å². The maximum Gasteiger partial charge on any atom is 0.290 e. The maximum absolute atomic E-state index is 13.1. The molecule has 3 heterocycles. The summed E-state index contributed by atoms with van der Waals surface area (Å²) in [6.45, 7) is 1.90. The Morgan fingerprint density at radius 1 is 1.21 bits per heavy atom. The maximum atomic E-state index is 13.1. The molecule has 7 heteroatoms. The van der Waals surface area contributed by atoms with Crippen molar-refractivity contribution >= 4 is 23.3 Å². The van der Waals surface area contributed by atoms with Crippen molar-refractivity contribution in [2.24, 2.45) is 0 Å². The molecule has 6 nitrogen and oxygen atoms in total. The minimum Gasteiger partial charge on any atom is -0.503 e. The summed E-state index contributed by atoms with van der Waals surface area (Å²) in [4.78, 5) is 31.6. The fraction of sp³-hybridized carbons (Fsp3) is 0.136. The zero-order valence-electron chi connectivity index (χ0n) is 15.5. The van der Waals surface area contributed by atoms with E-state index < -0.39 is 23.5 Å². The van der Waals surface area contributed by atoms with Crippen LogP contribution in [0.4, 0.5) is 0 Å². The first-order valence-electron chi connectivity index (χ1n) is 8.95. The Morgan fingerprint density at radius 3 is 2.59 bits per heavy atom. The van der Waals surface area contributed by atoms with Gasteiger partial charge >= 0.3 is 0 Å². The normalized spacial score (nSPS) is 16.6. The number of nitrogens with zero attached hydrogens (tertiary/aromatic N) is 2. The van der Waals surface area contributed by atoms with Crippen molar-refractivity contribution in [1.82, 2.24) is 9.88 Å². The lowest BCUT2D eigenvalue weighted by Gasteiger charge is -2.26. The summed E-state index contributed by atoms with van der Waals surface area (Å²) >= 11 is 6.01. The molecule has 1 amide bonds. The van der Waals surface area contributed by atoms with Crippen molar-refractivity contribution in [3.63, 3.8) is 0 Å². The number of aliphatic hydroxyl groups excluding tert-OH is 1. The lowest BCUT2D eigenvalue weighted by Crippen LogP contribution is -2.30. The average molecular weight is 409 g/mol. The number of hydrogen-bond donors (Lipinski definition) is 1. The molecule has 0 radical (unpaired) electrons. The van der Waals surface area contributed by atoms with Crippen LogP contribution in [0.25, 0.3) is 0 Å². The minimum atomic E-state index is -0.780. The van der Waals surface area contributed by atoms with E-state index in [0.29, 0.717) is 16.3 Å². The summed E-state index contributed by atoms with van der Waals surface area (Å²) < 4.78 is 5.44. The third-order valence-corrected chi connectivity index (χ3v) is 5.03. The van der Waals surface area contributed by atoms with Gasteiger partial charge in [-0.05, 0) is 48.4 Å². The molecule has 0 fully saturated rings. The highest BCUT2D eigenvalue weighted by molar-refractivity contribution is 6.30. The number of amides is 1. The molecular formula is C22H17ClN2O4. The van der Waals surface area contributed by atoms with Gasteiger partial charge < -0.3 is 14.4 Å². The van der Waals surface area contributed by atoms with Crippen molar-refractivity contribution in [3.8, 4) is 0 Å². The highest BCUT2D eigenvalue weighted by Crippen LogP contribution is 2.40. The summed E-state index contributed by atoms with van der Waals surface area (Å²) in [7, 11) is 0. The Bertz CT molecular complexity index is 1100. The number of ketones is 1. The van der Waals surface area contributed by atoms with E-state index >= 15 is 0 Å². The number of Topliss-reactive ketones (excluding diaryl/α,β-unsaturated/α-hetero) is 1. The number of benzene rings is 1. The Labute approximate surface area is 172 Å². The molecule has 3 aromatic rings. The van der Waals surface area contributed by atoms with Crippen LogP contribution in [0.3, 0.4) is 0 Å². The summed E-state index contributed by atoms with van der Waals surface area (Å²) in [6.07, 6.45) is 3.27. The van der Waals surface area contributed by atoms with E-state index in [1.54, 1.807) is 55.7 Å². The summed E-state index contributed by atoms with van der Waals surface area (Å²) in [5.74, 6) is -1.10. The van der Waals surface area contributed by atoms with Gasteiger partial charge in [-0.15, -0.1) is 0 Å². The molecule has 1 aliphatic rings. The van der Waals surface area contributed by atoms with Gasteiger partial charge in [0.1, 0.15) is 5.76 Å². The standard InChI is InChI=1S/C22H17ClN2O4/c1-13-4-9-17(29-13)20(26)18-19(15-5-7-16(23)8-6-15)25(22(28)21(18)27)12-14-3-2-10-24-11-14/h2-11,19,27H,12H2,1H3/t19-/m0/s1. The molecular weight excluding hydrogens is 392 g/mol. The van der Waals surface area contributed by atoms with E-state index in [2.05, 4.69) is 4.98 Å². The zero-order valence-corrected chi connectivity index (χ0v) is 16.3. The van der Waals surface area contributed by atoms with Crippen molar-refractivity contribution in [1.29, 1.82) is 0 Å². The monoisotopic (exact) mass is 408 g/mol. The molecule has 0 saturated carbocycles. The molecule has 0 spiro atoms. The highest BCUT2D eigenvalue weighted by atomic mass is 35.5. The number of rotatable bonds is 5. The number of furan rings is 1. The topological polar surface area (TPSA) is 83.6 Å². The Morgan fingerprint density at radius 2 is 1.97 bits per heavy atom. The van der Waals surface area contributed by atoms with Crippen molar-refractivity contribution in [3.05, 3.63) is 99.9 Å². The summed E-state index contributed by atoms with van der Waals surface area (Å²) in [6, 6.07) is 12.8. The van der Waals surface area contributed by atoms with E-state index in [1.807, 2.05) is 6.07 Å². The second-order valence-electron chi connectivity index (χ2n) is 6.75. The van der Waals surface area contributed by atoms with Gasteiger partial charge in [0.25, 0.3) is 5.91 Å². The Hall–Kier alpha value is -3.38. The van der Waals surface area contributed by atoms with Gasteiger partial charge in [-0.3, -0.25) is 14.6 Å². The highest BCUT2D eigenvalue weighted by Gasteiger charge is 2.44. The lowest BCUT2D eigenvalue weighted by molar-refractivity contribution is -0.130. The van der Waals surface area contributed by atoms with Crippen LogP contribution in [0.15, 0.2) is 76.7 Å². The SMILES string of the molecule is Cc1ccc(C(=O)C2=C(O)C(=O)N(Cc3cccnc3)[C@H]2c2ccc(Cl)cc2)o1. The van der Waals surface area contributed by atoms with E-state index in [1.165, 1.54) is 11.0 Å². The fourth-order valence-corrected chi connectivity index (χ4v) is 3.54. The summed E-state index contributed by atoms with van der Waals surface area (Å²) in [5, 5.41) is 11.1. The molecule has 1 atom stereocenters. The molecule has 1 aliphatic heterocycles. The van der Waals surface area contributed by atoms with Crippen LogP contribution in [-0.2, 0) is 11.3 Å². The molecule has 146 valence electrons. The van der Waals surface area contributed by atoms with Gasteiger partial charge in [-0.25, -0.2) is 0 Å². The molecule has 29 heavy (non-hydrogen) atoms.